The molecule has 0 amide bonds. The highest BCUT2D eigenvalue weighted by Crippen LogP contribution is 2.55. The van der Waals surface area contributed by atoms with Crippen LogP contribution in [0.4, 0.5) is 15.9 Å². The quantitative estimate of drug-likeness (QED) is 0.340. The van der Waals surface area contributed by atoms with E-state index in [4.69, 9.17) is 15.5 Å². The molecule has 4 aromatic rings. The molecular formula is C24H27FN8O2. The second-order valence-corrected chi connectivity index (χ2v) is 9.91. The van der Waals surface area contributed by atoms with Crippen molar-refractivity contribution in [3.8, 4) is 11.8 Å². The first-order valence-corrected chi connectivity index (χ1v) is 11.6. The van der Waals surface area contributed by atoms with Gasteiger partial charge < -0.3 is 30.8 Å². The fourth-order valence-electron chi connectivity index (χ4n) is 5.22. The third kappa shape index (κ3) is 3.29. The molecule has 1 unspecified atom stereocenters. The molecule has 0 bridgehead atoms. The molecule has 11 heteroatoms. The number of H-pyrrole nitrogens is 1. The molecule has 10 nitrogen and oxygen atoms in total. The number of hydrogen-bond acceptors (Lipinski definition) is 9. The Labute approximate surface area is 200 Å². The average molecular weight is 479 g/mol. The molecule has 2 atom stereocenters. The highest BCUT2D eigenvalue weighted by Gasteiger charge is 2.60. The van der Waals surface area contributed by atoms with Crippen molar-refractivity contribution in [2.75, 3.05) is 30.4 Å². The van der Waals surface area contributed by atoms with Gasteiger partial charge in [0.2, 0.25) is 0 Å². The van der Waals surface area contributed by atoms with E-state index in [9.17, 15) is 9.50 Å². The molecule has 5 N–H and O–H groups in total. The van der Waals surface area contributed by atoms with Crippen LogP contribution in [0.5, 0.6) is 11.8 Å². The highest BCUT2D eigenvalue weighted by molar-refractivity contribution is 6.14. The molecule has 1 spiro atoms. The van der Waals surface area contributed by atoms with Gasteiger partial charge in [-0.15, -0.1) is 0 Å². The molecule has 0 radical (unpaired) electrons. The molecule has 3 aromatic heterocycles. The lowest BCUT2D eigenvalue weighted by Gasteiger charge is -2.65. The zero-order valence-electron chi connectivity index (χ0n) is 19.8. The van der Waals surface area contributed by atoms with Crippen LogP contribution >= 0.6 is 0 Å². The molecule has 182 valence electrons. The van der Waals surface area contributed by atoms with Crippen LogP contribution in [0.3, 0.4) is 0 Å². The Bertz CT molecular complexity index is 1440. The smallest absolute Gasteiger partial charge is 0.326 e. The van der Waals surface area contributed by atoms with Gasteiger partial charge in [-0.2, -0.15) is 9.97 Å². The van der Waals surface area contributed by atoms with Gasteiger partial charge >= 0.3 is 6.01 Å². The molecule has 2 fully saturated rings. The maximum absolute atomic E-state index is 14.5. The number of rotatable bonds is 5. The van der Waals surface area contributed by atoms with Crippen LogP contribution < -0.4 is 20.7 Å². The second kappa shape index (κ2) is 7.46. The van der Waals surface area contributed by atoms with Crippen molar-refractivity contribution >= 4 is 33.4 Å². The number of nitrogens with two attached hydrogens (primary N) is 1. The summed E-state index contributed by atoms with van der Waals surface area (Å²) < 4.78 is 20.4. The van der Waals surface area contributed by atoms with Gasteiger partial charge in [0, 0.05) is 36.5 Å². The van der Waals surface area contributed by atoms with Gasteiger partial charge in [0.05, 0.1) is 29.0 Å². The van der Waals surface area contributed by atoms with Gasteiger partial charge in [-0.05, 0) is 38.8 Å². The monoisotopic (exact) mass is 478 g/mol. The Morgan fingerprint density at radius 1 is 1.23 bits per heavy atom. The van der Waals surface area contributed by atoms with E-state index < -0.39 is 6.10 Å². The topological polar surface area (TPSA) is 138 Å². The average Bonchev–Trinajstić information content (AvgIpc) is 3.15. The van der Waals surface area contributed by atoms with Crippen molar-refractivity contribution in [1.82, 2.24) is 24.9 Å². The Morgan fingerprint density at radius 2 is 1.97 bits per heavy atom. The molecule has 35 heavy (non-hydrogen) atoms. The molecule has 2 aliphatic rings. The normalized spacial score (nSPS) is 21.7. The van der Waals surface area contributed by atoms with Crippen LogP contribution in [0, 0.1) is 11.2 Å². The predicted molar refractivity (Wildman–Crippen MR) is 130 cm³/mol. The number of halogens is 1. The van der Waals surface area contributed by atoms with E-state index in [1.54, 1.807) is 14.0 Å². The third-order valence-electron chi connectivity index (χ3n) is 7.61. The van der Waals surface area contributed by atoms with Gasteiger partial charge in [0.25, 0.3) is 0 Å². The first-order chi connectivity index (χ1) is 16.7. The highest BCUT2D eigenvalue weighted by atomic mass is 19.1. The summed E-state index contributed by atoms with van der Waals surface area (Å²) >= 11 is 0. The summed E-state index contributed by atoms with van der Waals surface area (Å²) in [7, 11) is 1.75. The Kier molecular flexibility index (Phi) is 4.68. The molecule has 4 heterocycles. The van der Waals surface area contributed by atoms with E-state index in [-0.39, 0.29) is 22.8 Å². The minimum Gasteiger partial charge on any atom is -0.421 e. The number of hydrogen-bond donors (Lipinski definition) is 4. The fraction of sp³-hybridized carbons (Fsp3) is 0.417. The molecule has 6 rings (SSSR count). The Balaban J connectivity index is 1.46. The van der Waals surface area contributed by atoms with Gasteiger partial charge in [-0.3, -0.25) is 0 Å². The number of fused-ring (bicyclic) bond motifs is 3. The molecule has 1 aliphatic carbocycles. The molecule has 1 saturated carbocycles. The number of aromatic nitrogens is 5. The summed E-state index contributed by atoms with van der Waals surface area (Å²) in [5, 5.41) is 14.1. The predicted octanol–water partition coefficient (Wildman–Crippen LogP) is 3.25. The lowest BCUT2D eigenvalue weighted by Crippen LogP contribution is -2.75. The summed E-state index contributed by atoms with van der Waals surface area (Å²) in [5.41, 5.74) is 8.29. The van der Waals surface area contributed by atoms with Crippen molar-refractivity contribution in [2.45, 2.75) is 38.3 Å². The van der Waals surface area contributed by atoms with Crippen LogP contribution in [0.1, 0.15) is 38.6 Å². The number of nitrogens with zero attached hydrogens (tertiary/aromatic N) is 5. The molecule has 1 aliphatic heterocycles. The first-order valence-electron chi connectivity index (χ1n) is 11.6. The lowest BCUT2D eigenvalue weighted by atomic mass is 9.52. The number of ether oxygens (including phenoxy) is 1. The summed E-state index contributed by atoms with van der Waals surface area (Å²) in [4.78, 5) is 23.0. The van der Waals surface area contributed by atoms with E-state index in [0.717, 1.165) is 36.8 Å². The first kappa shape index (κ1) is 21.9. The van der Waals surface area contributed by atoms with Gasteiger partial charge in [-0.1, -0.05) is 0 Å². The maximum atomic E-state index is 14.5. The van der Waals surface area contributed by atoms with Gasteiger partial charge in [0.1, 0.15) is 23.4 Å². The lowest BCUT2D eigenvalue weighted by molar-refractivity contribution is -0.0168. The number of aliphatic hydroxyl groups excluding tert-OH is 1. The van der Waals surface area contributed by atoms with Crippen molar-refractivity contribution in [2.24, 2.45) is 11.1 Å². The minimum atomic E-state index is -0.783. The van der Waals surface area contributed by atoms with E-state index in [0.29, 0.717) is 34.1 Å². The summed E-state index contributed by atoms with van der Waals surface area (Å²) in [5.74, 6) is 0.950. The number of anilines is 2. The minimum absolute atomic E-state index is 0.0590. The van der Waals surface area contributed by atoms with Crippen LogP contribution in [-0.4, -0.2) is 55.7 Å². The van der Waals surface area contributed by atoms with Gasteiger partial charge in [-0.25, -0.2) is 14.4 Å². The zero-order valence-corrected chi connectivity index (χ0v) is 19.8. The van der Waals surface area contributed by atoms with Crippen LogP contribution in [0.15, 0.2) is 24.5 Å². The zero-order chi connectivity index (χ0) is 24.5. The Morgan fingerprint density at radius 3 is 2.57 bits per heavy atom. The van der Waals surface area contributed by atoms with E-state index in [1.165, 1.54) is 24.5 Å². The maximum Gasteiger partial charge on any atom is 0.326 e. The summed E-state index contributed by atoms with van der Waals surface area (Å²) in [6.45, 7) is 5.22. The second-order valence-electron chi connectivity index (χ2n) is 9.91. The van der Waals surface area contributed by atoms with Crippen molar-refractivity contribution < 1.29 is 14.2 Å². The van der Waals surface area contributed by atoms with Gasteiger partial charge in [0.15, 0.2) is 11.6 Å². The fourth-order valence-corrected chi connectivity index (χ4v) is 5.22. The summed E-state index contributed by atoms with van der Waals surface area (Å²) in [6, 6.07) is 3.05. The molecule has 1 aromatic carbocycles. The SMILES string of the molecule is CNc1cc(F)cc2c1[nH]c1nc(Oc3cnc(C(C)O)nc3)nc(N3CC4(CC[C@]4(C)N)C3)c12. The van der Waals surface area contributed by atoms with E-state index in [2.05, 4.69) is 37.1 Å². The Hall–Kier alpha value is -3.57. The van der Waals surface area contributed by atoms with Crippen molar-refractivity contribution in [3.05, 3.63) is 36.2 Å². The van der Waals surface area contributed by atoms with Crippen LogP contribution in [-0.2, 0) is 0 Å². The number of nitrogens with one attached hydrogen (secondary N) is 2. The van der Waals surface area contributed by atoms with E-state index in [1.807, 2.05) is 0 Å². The third-order valence-corrected chi connectivity index (χ3v) is 7.61. The van der Waals surface area contributed by atoms with Crippen molar-refractivity contribution in [1.29, 1.82) is 0 Å². The molecule has 1 saturated heterocycles. The van der Waals surface area contributed by atoms with Crippen LogP contribution in [0.2, 0.25) is 0 Å². The van der Waals surface area contributed by atoms with E-state index >= 15 is 0 Å². The summed E-state index contributed by atoms with van der Waals surface area (Å²) in [6.07, 6.45) is 4.23. The number of aromatic amines is 1. The number of benzene rings is 1. The van der Waals surface area contributed by atoms with Crippen molar-refractivity contribution in [3.63, 3.8) is 0 Å². The molecular weight excluding hydrogens is 451 g/mol. The number of aliphatic hydroxyl groups is 1. The van der Waals surface area contributed by atoms with Crippen LogP contribution in [0.25, 0.3) is 21.9 Å². The largest absolute Gasteiger partial charge is 0.421 e. The standard InChI is InChI=1S/C24H27FN8O2/c1-12(34)19-28-8-14(9-29-19)35-22-31-20-17(15-6-13(25)7-16(27-3)18(15)30-20)21(32-22)33-10-24(11-33)5-4-23(24,2)26/h6-9,12,27,34H,4-5,10-11,26H2,1-3H3,(H,30,31,32)/t12?,23-/m0/s1.